The first-order chi connectivity index (χ1) is 8.63. The highest BCUT2D eigenvalue weighted by atomic mass is 16.7. The number of ether oxygens (including phenoxy) is 2. The lowest BCUT2D eigenvalue weighted by molar-refractivity contribution is -0.0528. The zero-order valence-corrected chi connectivity index (χ0v) is 10.1. The molecule has 2 unspecified atom stereocenters. The summed E-state index contributed by atoms with van der Waals surface area (Å²) >= 11 is 0. The van der Waals surface area contributed by atoms with Gasteiger partial charge in [0.05, 0.1) is 12.3 Å². The highest BCUT2D eigenvalue weighted by Gasteiger charge is 2.28. The van der Waals surface area contributed by atoms with Gasteiger partial charge >= 0.3 is 6.09 Å². The molecule has 1 fully saturated rings. The molecule has 1 amide bonds. The number of para-hydroxylation sites is 1. The molecule has 5 nitrogen and oxygen atoms in total. The largest absolute Gasteiger partial charge is 0.465 e. The maximum Gasteiger partial charge on any atom is 0.411 e. The Morgan fingerprint density at radius 1 is 1.56 bits per heavy atom. The minimum atomic E-state index is -1.03. The van der Waals surface area contributed by atoms with Crippen molar-refractivity contribution < 1.29 is 19.4 Å². The smallest absolute Gasteiger partial charge is 0.411 e. The molecule has 0 spiro atoms. The summed E-state index contributed by atoms with van der Waals surface area (Å²) in [5.41, 5.74) is 1.26. The first kappa shape index (κ1) is 12.6. The monoisotopic (exact) mass is 249 g/mol. The van der Waals surface area contributed by atoms with E-state index in [0.29, 0.717) is 17.9 Å². The maximum atomic E-state index is 11.0. The third-order valence-corrected chi connectivity index (χ3v) is 2.81. The molecule has 1 aliphatic rings. The molecule has 96 valence electrons. The number of nitrogens with zero attached hydrogens (tertiary/aromatic N) is 1. The van der Waals surface area contributed by atoms with Crippen molar-refractivity contribution >= 4 is 11.8 Å². The summed E-state index contributed by atoms with van der Waals surface area (Å²) in [4.78, 5) is 12.2. The first-order valence-corrected chi connectivity index (χ1v) is 5.58. The van der Waals surface area contributed by atoms with Gasteiger partial charge in [-0.15, -0.1) is 6.58 Å². The number of carbonyl (C=O) groups is 1. The molecule has 0 aromatic heterocycles. The highest BCUT2D eigenvalue weighted by molar-refractivity contribution is 5.86. The van der Waals surface area contributed by atoms with Crippen LogP contribution in [0, 0.1) is 0 Å². The summed E-state index contributed by atoms with van der Waals surface area (Å²) < 4.78 is 11.1. The van der Waals surface area contributed by atoms with E-state index in [4.69, 9.17) is 14.6 Å². The minimum Gasteiger partial charge on any atom is -0.465 e. The lowest BCUT2D eigenvalue weighted by atomic mass is 10.1. The number of hydrogen-bond donors (Lipinski definition) is 1. The average molecular weight is 249 g/mol. The fourth-order valence-electron chi connectivity index (χ4n) is 1.80. The minimum absolute atomic E-state index is 0.154. The molecule has 1 N–H and O–H groups in total. The van der Waals surface area contributed by atoms with Crippen molar-refractivity contribution in [3.8, 4) is 0 Å². The molecule has 18 heavy (non-hydrogen) atoms. The van der Waals surface area contributed by atoms with E-state index in [-0.39, 0.29) is 6.10 Å². The Labute approximate surface area is 105 Å². The van der Waals surface area contributed by atoms with Crippen molar-refractivity contribution in [2.24, 2.45) is 0 Å². The van der Waals surface area contributed by atoms with Gasteiger partial charge in [0.15, 0.2) is 6.29 Å². The Hall–Kier alpha value is -1.85. The predicted octanol–water partition coefficient (Wildman–Crippen LogP) is 2.40. The van der Waals surface area contributed by atoms with Crippen LogP contribution >= 0.6 is 0 Å². The van der Waals surface area contributed by atoms with Crippen LogP contribution in [-0.4, -0.2) is 31.0 Å². The van der Waals surface area contributed by atoms with Gasteiger partial charge < -0.3 is 14.6 Å². The lowest BCUT2D eigenvalue weighted by Crippen LogP contribution is -2.25. The van der Waals surface area contributed by atoms with Crippen LogP contribution in [0.3, 0.4) is 0 Å². The number of carboxylic acid groups (broad SMARTS) is 1. The Kier molecular flexibility index (Phi) is 3.64. The molecule has 0 radical (unpaired) electrons. The highest BCUT2D eigenvalue weighted by Crippen LogP contribution is 2.33. The number of rotatable bonds is 3. The molecule has 0 saturated carbocycles. The van der Waals surface area contributed by atoms with E-state index in [2.05, 4.69) is 6.58 Å². The lowest BCUT2D eigenvalue weighted by Gasteiger charge is -2.20. The van der Waals surface area contributed by atoms with Gasteiger partial charge in [-0.1, -0.05) is 24.3 Å². The van der Waals surface area contributed by atoms with E-state index in [0.717, 1.165) is 4.90 Å². The number of amides is 1. The normalized spacial score (nSPS) is 22.7. The van der Waals surface area contributed by atoms with E-state index in [9.17, 15) is 4.79 Å². The Morgan fingerprint density at radius 2 is 2.28 bits per heavy atom. The summed E-state index contributed by atoms with van der Waals surface area (Å²) in [5, 5.41) is 9.03. The van der Waals surface area contributed by atoms with Crippen molar-refractivity contribution in [2.45, 2.75) is 12.4 Å². The van der Waals surface area contributed by atoms with E-state index in [1.54, 1.807) is 24.3 Å². The molecular formula is C13H15NO4. The predicted molar refractivity (Wildman–Crippen MR) is 66.6 cm³/mol. The van der Waals surface area contributed by atoms with Crippen molar-refractivity contribution in [2.75, 3.05) is 18.6 Å². The Bertz CT molecular complexity index is 460. The molecule has 2 atom stereocenters. The van der Waals surface area contributed by atoms with E-state index in [1.165, 1.54) is 7.05 Å². The summed E-state index contributed by atoms with van der Waals surface area (Å²) in [6.07, 6.45) is -0.0614. The van der Waals surface area contributed by atoms with E-state index >= 15 is 0 Å². The molecule has 1 aromatic rings. The van der Waals surface area contributed by atoms with Gasteiger partial charge in [0.2, 0.25) is 0 Å². The average Bonchev–Trinajstić information content (AvgIpc) is 2.86. The third kappa shape index (κ3) is 2.37. The van der Waals surface area contributed by atoms with Gasteiger partial charge in [-0.3, -0.25) is 4.90 Å². The van der Waals surface area contributed by atoms with Crippen molar-refractivity contribution in [1.82, 2.24) is 0 Å². The zero-order valence-electron chi connectivity index (χ0n) is 10.1. The van der Waals surface area contributed by atoms with Crippen LogP contribution < -0.4 is 4.90 Å². The fourth-order valence-corrected chi connectivity index (χ4v) is 1.80. The van der Waals surface area contributed by atoms with Crippen molar-refractivity contribution in [3.05, 3.63) is 42.5 Å². The van der Waals surface area contributed by atoms with Gasteiger partial charge in [-0.05, 0) is 6.07 Å². The van der Waals surface area contributed by atoms with Crippen molar-refractivity contribution in [1.29, 1.82) is 0 Å². The SMILES string of the molecule is C=CC1COC(c2ccccc2N(C)C(=O)O)O1. The number of benzene rings is 1. The van der Waals surface area contributed by atoms with Crippen LogP contribution in [0.4, 0.5) is 10.5 Å². The summed E-state index contributed by atoms with van der Waals surface area (Å²) in [6, 6.07) is 7.11. The molecule has 2 rings (SSSR count). The van der Waals surface area contributed by atoms with E-state index in [1.807, 2.05) is 6.07 Å². The van der Waals surface area contributed by atoms with Gasteiger partial charge in [0.1, 0.15) is 6.10 Å². The summed E-state index contributed by atoms with van der Waals surface area (Å²) in [5.74, 6) is 0. The first-order valence-electron chi connectivity index (χ1n) is 5.58. The standard InChI is InChI=1S/C13H15NO4/c1-3-9-8-17-12(18-9)10-6-4-5-7-11(10)14(2)13(15)16/h3-7,9,12H,1,8H2,2H3,(H,15,16). The molecule has 1 heterocycles. The molecule has 0 bridgehead atoms. The topological polar surface area (TPSA) is 59.0 Å². The van der Waals surface area contributed by atoms with Crippen molar-refractivity contribution in [3.63, 3.8) is 0 Å². The molecular weight excluding hydrogens is 234 g/mol. The quantitative estimate of drug-likeness (QED) is 0.836. The van der Waals surface area contributed by atoms with Crippen LogP contribution in [0.2, 0.25) is 0 Å². The summed E-state index contributed by atoms with van der Waals surface area (Å²) in [6.45, 7) is 4.08. The maximum absolute atomic E-state index is 11.0. The van der Waals surface area contributed by atoms with Gasteiger partial charge in [0.25, 0.3) is 0 Å². The van der Waals surface area contributed by atoms with E-state index < -0.39 is 12.4 Å². The zero-order chi connectivity index (χ0) is 13.1. The molecule has 1 saturated heterocycles. The second kappa shape index (κ2) is 5.20. The second-order valence-corrected chi connectivity index (χ2v) is 3.98. The summed E-state index contributed by atoms with van der Waals surface area (Å²) in [7, 11) is 1.49. The van der Waals surface area contributed by atoms with Crippen LogP contribution in [0.1, 0.15) is 11.9 Å². The van der Waals surface area contributed by atoms with Gasteiger partial charge in [-0.25, -0.2) is 4.79 Å². The van der Waals surface area contributed by atoms with Gasteiger partial charge in [0, 0.05) is 12.6 Å². The Morgan fingerprint density at radius 3 is 2.89 bits per heavy atom. The molecule has 5 heteroatoms. The molecule has 1 aromatic carbocycles. The van der Waals surface area contributed by atoms with Crippen LogP contribution in [-0.2, 0) is 9.47 Å². The van der Waals surface area contributed by atoms with Crippen LogP contribution in [0.25, 0.3) is 0 Å². The second-order valence-electron chi connectivity index (χ2n) is 3.98. The van der Waals surface area contributed by atoms with Crippen LogP contribution in [0.5, 0.6) is 0 Å². The third-order valence-electron chi connectivity index (χ3n) is 2.81. The molecule has 1 aliphatic heterocycles. The number of hydrogen-bond acceptors (Lipinski definition) is 3. The van der Waals surface area contributed by atoms with Crippen LogP contribution in [0.15, 0.2) is 36.9 Å². The Balaban J connectivity index is 2.28. The number of anilines is 1. The van der Waals surface area contributed by atoms with Gasteiger partial charge in [-0.2, -0.15) is 0 Å². The molecule has 0 aliphatic carbocycles. The fraction of sp³-hybridized carbons (Fsp3) is 0.308.